The molecule has 2 aromatic carbocycles. The van der Waals surface area contributed by atoms with Crippen molar-refractivity contribution in [2.24, 2.45) is 4.99 Å². The van der Waals surface area contributed by atoms with Gasteiger partial charge in [-0.25, -0.2) is 0 Å². The first kappa shape index (κ1) is 26.0. The van der Waals surface area contributed by atoms with E-state index >= 15 is 0 Å². The van der Waals surface area contributed by atoms with Crippen LogP contribution in [0.1, 0.15) is 38.3 Å². The number of nitrogens with one attached hydrogen (secondary N) is 2. The van der Waals surface area contributed by atoms with Gasteiger partial charge in [-0.2, -0.15) is 8.42 Å². The molecule has 0 aliphatic carbocycles. The molecule has 0 aliphatic heterocycles. The number of rotatable bonds is 11. The maximum absolute atomic E-state index is 12.9. The molecule has 2 rings (SSSR count). The first-order chi connectivity index (χ1) is 15.6. The van der Waals surface area contributed by atoms with Gasteiger partial charge in [0, 0.05) is 5.70 Å². The van der Waals surface area contributed by atoms with Gasteiger partial charge < -0.3 is 5.32 Å². The molecule has 0 fully saturated rings. The van der Waals surface area contributed by atoms with E-state index in [0.29, 0.717) is 12.1 Å². The van der Waals surface area contributed by atoms with E-state index < -0.39 is 16.3 Å². The van der Waals surface area contributed by atoms with Crippen LogP contribution in [0.25, 0.3) is 0 Å². The van der Waals surface area contributed by atoms with Crippen molar-refractivity contribution in [2.75, 3.05) is 4.72 Å². The highest BCUT2D eigenvalue weighted by molar-refractivity contribution is 7.87. The fourth-order valence-corrected chi connectivity index (χ4v) is 3.74. The van der Waals surface area contributed by atoms with Crippen molar-refractivity contribution in [2.45, 2.75) is 46.1 Å². The Morgan fingerprint density at radius 3 is 2.27 bits per heavy atom. The maximum Gasteiger partial charge on any atom is 0.357 e. The lowest BCUT2D eigenvalue weighted by molar-refractivity contribution is -0.120. The van der Waals surface area contributed by atoms with Crippen LogP contribution in [0.4, 0.5) is 5.69 Å². The lowest BCUT2D eigenvalue weighted by atomic mass is 9.97. The van der Waals surface area contributed by atoms with E-state index in [9.17, 15) is 13.2 Å². The normalized spacial score (nSPS) is 13.3. The number of amides is 1. The molecular formula is C25H31N3O4S. The highest BCUT2D eigenvalue weighted by Crippen LogP contribution is 2.16. The summed E-state index contributed by atoms with van der Waals surface area (Å²) in [5.74, 6) is -0.136. The smallest absolute Gasteiger partial charge is 0.347 e. The molecule has 3 N–H and O–H groups in total. The number of aliphatic imine (C=N–C) groups is 1. The summed E-state index contributed by atoms with van der Waals surface area (Å²) in [6.07, 6.45) is 3.34. The van der Waals surface area contributed by atoms with Crippen LogP contribution in [0, 0.1) is 0 Å². The highest BCUT2D eigenvalue weighted by atomic mass is 32.2. The Labute approximate surface area is 196 Å². The first-order valence-corrected chi connectivity index (χ1v) is 12.1. The average molecular weight is 470 g/mol. The second-order valence-corrected chi connectivity index (χ2v) is 8.83. The number of allylic oxidation sites excluding steroid dienone is 2. The molecule has 176 valence electrons. The van der Waals surface area contributed by atoms with Crippen LogP contribution in [0.15, 0.2) is 83.5 Å². The van der Waals surface area contributed by atoms with Crippen LogP contribution in [0.2, 0.25) is 0 Å². The zero-order valence-corrected chi connectivity index (χ0v) is 20.0. The van der Waals surface area contributed by atoms with Crippen LogP contribution >= 0.6 is 0 Å². The molecule has 7 nitrogen and oxygen atoms in total. The molecule has 0 radical (unpaired) electrons. The number of carbonyl (C=O) groups is 1. The van der Waals surface area contributed by atoms with Gasteiger partial charge in [-0.15, -0.1) is 0 Å². The highest BCUT2D eigenvalue weighted by Gasteiger charge is 2.21. The van der Waals surface area contributed by atoms with Crippen LogP contribution < -0.4 is 10.0 Å². The number of carbonyl (C=O) groups excluding carboxylic acids is 1. The predicted molar refractivity (Wildman–Crippen MR) is 134 cm³/mol. The second kappa shape index (κ2) is 12.1. The molecule has 0 saturated carbocycles. The number of benzene rings is 2. The lowest BCUT2D eigenvalue weighted by Crippen LogP contribution is -2.43. The van der Waals surface area contributed by atoms with Crippen molar-refractivity contribution >= 4 is 27.6 Å². The Bertz CT molecular complexity index is 1120. The van der Waals surface area contributed by atoms with Crippen molar-refractivity contribution < 1.29 is 17.8 Å². The zero-order valence-electron chi connectivity index (χ0n) is 19.2. The Hall–Kier alpha value is -3.23. The molecular weight excluding hydrogens is 438 g/mol. The molecule has 0 spiro atoms. The third-order valence-corrected chi connectivity index (χ3v) is 5.40. The second-order valence-electron chi connectivity index (χ2n) is 7.67. The van der Waals surface area contributed by atoms with Gasteiger partial charge in [0.05, 0.1) is 23.9 Å². The van der Waals surface area contributed by atoms with Gasteiger partial charge in [0.1, 0.15) is 0 Å². The number of anilines is 1. The minimum absolute atomic E-state index is 0.136. The van der Waals surface area contributed by atoms with Crippen LogP contribution in [0.5, 0.6) is 0 Å². The van der Waals surface area contributed by atoms with Gasteiger partial charge >= 0.3 is 10.3 Å². The van der Waals surface area contributed by atoms with Crippen LogP contribution in [-0.2, 0) is 27.9 Å². The molecule has 0 unspecified atom stereocenters. The molecule has 1 atom stereocenters. The number of nitrogens with zero attached hydrogens (tertiary/aromatic N) is 1. The average Bonchev–Trinajstić information content (AvgIpc) is 2.75. The molecule has 0 saturated heterocycles. The Morgan fingerprint density at radius 1 is 1.12 bits per heavy atom. The first-order valence-electron chi connectivity index (χ1n) is 10.7. The molecule has 1 amide bonds. The molecule has 0 heterocycles. The number of hydrogen-bond donors (Lipinski definition) is 3. The quantitative estimate of drug-likeness (QED) is 0.333. The Kier molecular flexibility index (Phi) is 9.57. The predicted octanol–water partition coefficient (Wildman–Crippen LogP) is 4.50. The fraction of sp³-hybridized carbons (Fsp3) is 0.280. The summed E-state index contributed by atoms with van der Waals surface area (Å²) in [5.41, 5.74) is 4.33. The van der Waals surface area contributed by atoms with E-state index in [4.69, 9.17) is 9.55 Å². The van der Waals surface area contributed by atoms with Gasteiger partial charge in [0.15, 0.2) is 0 Å². The van der Waals surface area contributed by atoms with Crippen molar-refractivity contribution in [3.63, 3.8) is 0 Å². The summed E-state index contributed by atoms with van der Waals surface area (Å²) in [6, 6.07) is 15.6. The standard InChI is InChI=1S/C25H31N3O4S/c1-5-21(6-2)26-25(18(3)4)23(27-24(29)17-19-10-8-7-9-11-19)16-20-12-14-22(15-13-20)28-33(30,31)32/h5,7-15,23,28H,3,6,16-17H2,1-2,4H3,(H,27,29)(H,30,31,32)/b21-5-,26-25?/t23-/m0/s1. The number of hydrogen-bond acceptors (Lipinski definition) is 4. The van der Waals surface area contributed by atoms with E-state index in [0.717, 1.165) is 28.8 Å². The largest absolute Gasteiger partial charge is 0.357 e. The monoisotopic (exact) mass is 469 g/mol. The van der Waals surface area contributed by atoms with Crippen LogP contribution in [-0.4, -0.2) is 30.6 Å². The molecule has 2 aromatic rings. The van der Waals surface area contributed by atoms with E-state index in [1.165, 1.54) is 0 Å². The van der Waals surface area contributed by atoms with E-state index in [-0.39, 0.29) is 18.0 Å². The third-order valence-electron chi connectivity index (χ3n) is 4.91. The summed E-state index contributed by atoms with van der Waals surface area (Å²) in [4.78, 5) is 17.6. The minimum Gasteiger partial charge on any atom is -0.347 e. The van der Waals surface area contributed by atoms with Crippen molar-refractivity contribution in [3.8, 4) is 0 Å². The SMILES string of the molecule is C=C(C)C(=N/C(=C\C)CC)[C@H](Cc1ccc(NS(=O)(=O)O)cc1)NC(=O)Cc1ccccc1. The minimum atomic E-state index is -4.35. The lowest BCUT2D eigenvalue weighted by Gasteiger charge is -2.22. The fourth-order valence-electron chi connectivity index (χ4n) is 3.31. The van der Waals surface area contributed by atoms with Gasteiger partial charge in [-0.3, -0.25) is 19.1 Å². The van der Waals surface area contributed by atoms with Gasteiger partial charge in [-0.05, 0) is 55.5 Å². The molecule has 8 heteroatoms. The van der Waals surface area contributed by atoms with Gasteiger partial charge in [-0.1, -0.05) is 62.0 Å². The van der Waals surface area contributed by atoms with Crippen molar-refractivity contribution in [1.29, 1.82) is 0 Å². The summed E-state index contributed by atoms with van der Waals surface area (Å²) in [7, 11) is -4.35. The van der Waals surface area contributed by atoms with Crippen molar-refractivity contribution in [3.05, 3.63) is 89.6 Å². The third kappa shape index (κ3) is 9.03. The molecule has 0 aromatic heterocycles. The molecule has 0 bridgehead atoms. The zero-order chi connectivity index (χ0) is 24.4. The summed E-state index contributed by atoms with van der Waals surface area (Å²) in [6.45, 7) is 9.86. The Morgan fingerprint density at radius 2 is 1.76 bits per heavy atom. The summed E-state index contributed by atoms with van der Waals surface area (Å²) >= 11 is 0. The van der Waals surface area contributed by atoms with Crippen LogP contribution in [0.3, 0.4) is 0 Å². The summed E-state index contributed by atoms with van der Waals surface area (Å²) < 4.78 is 33.0. The van der Waals surface area contributed by atoms with E-state index in [1.807, 2.05) is 61.9 Å². The maximum atomic E-state index is 12.9. The summed E-state index contributed by atoms with van der Waals surface area (Å²) in [5, 5.41) is 3.09. The van der Waals surface area contributed by atoms with Gasteiger partial charge in [0.2, 0.25) is 5.91 Å². The topological polar surface area (TPSA) is 108 Å². The Balaban J connectivity index is 2.32. The molecule has 33 heavy (non-hydrogen) atoms. The molecule has 0 aliphatic rings. The van der Waals surface area contributed by atoms with Gasteiger partial charge in [0.25, 0.3) is 0 Å². The van der Waals surface area contributed by atoms with E-state index in [2.05, 4.69) is 11.9 Å². The van der Waals surface area contributed by atoms with E-state index in [1.54, 1.807) is 24.3 Å². The van der Waals surface area contributed by atoms with Crippen molar-refractivity contribution in [1.82, 2.24) is 5.32 Å².